The average Bonchev–Trinajstić information content (AvgIpc) is 3.99. The highest BCUT2D eigenvalue weighted by Gasteiger charge is 2.52. The Morgan fingerprint density at radius 3 is 1.54 bits per heavy atom. The van der Waals surface area contributed by atoms with Gasteiger partial charge in [0.25, 0.3) is 0 Å². The van der Waals surface area contributed by atoms with Gasteiger partial charge in [0.15, 0.2) is 0 Å². The van der Waals surface area contributed by atoms with E-state index >= 15 is 0 Å². The topological polar surface area (TPSA) is 11.4 Å². The minimum absolute atomic E-state index is 0.619. The molecule has 11 aromatic carbocycles. The molecule has 1 unspecified atom stereocenters. The van der Waals surface area contributed by atoms with E-state index in [4.69, 9.17) is 0 Å². The minimum Gasteiger partial charge on any atom is -0.344 e. The molecule has 12 aromatic rings. The Hall–Kier alpha value is -8.92. The minimum atomic E-state index is -0.619. The van der Waals surface area contributed by atoms with Gasteiger partial charge in [0, 0.05) is 57.3 Å². The van der Waals surface area contributed by atoms with Crippen LogP contribution in [0.5, 0.6) is 0 Å². The number of benzene rings is 11. The van der Waals surface area contributed by atoms with Crippen LogP contribution < -0.4 is 9.80 Å². The fraction of sp³-hybridized carbons (Fsp3) is 0.0303. The van der Waals surface area contributed by atoms with Crippen LogP contribution in [0.4, 0.5) is 34.1 Å². The van der Waals surface area contributed by atoms with E-state index in [2.05, 4.69) is 276 Å². The fourth-order valence-electron chi connectivity index (χ4n) is 12.0. The highest BCUT2D eigenvalue weighted by atomic mass is 15.2. The van der Waals surface area contributed by atoms with E-state index in [0.717, 1.165) is 34.1 Å². The second-order valence-corrected chi connectivity index (χ2v) is 18.5. The number of fused-ring (bicyclic) bond motifs is 14. The van der Waals surface area contributed by atoms with E-state index in [1.807, 2.05) is 0 Å². The third-order valence-corrected chi connectivity index (χ3v) is 14.9. The van der Waals surface area contributed by atoms with Gasteiger partial charge in [-0.05, 0) is 146 Å². The van der Waals surface area contributed by atoms with Gasteiger partial charge in [0.1, 0.15) is 0 Å². The van der Waals surface area contributed by atoms with Crippen LogP contribution in [0.3, 0.4) is 0 Å². The second-order valence-electron chi connectivity index (χ2n) is 18.5. The molecule has 2 aliphatic carbocycles. The maximum Gasteiger partial charge on any atom is 0.0727 e. The van der Waals surface area contributed by atoms with Crippen molar-refractivity contribution in [1.82, 2.24) is 4.57 Å². The Morgan fingerprint density at radius 2 is 0.826 bits per heavy atom. The summed E-state index contributed by atoms with van der Waals surface area (Å²) >= 11 is 0. The normalized spacial score (nSPS) is 14.2. The van der Waals surface area contributed by atoms with E-state index in [1.165, 1.54) is 88.2 Å². The standard InChI is InChI=1S/C66H45N3/c1-67-63-32-18-15-29-55(63)56-38-36-51(41-64(56)67)69(49-25-9-4-10-26-49)65-43-62-58(42-57(65)46-34-33-44-19-11-12-20-45(44)39-46)53-28-14-17-31-60(53)66(62)59-30-16-13-27-52(59)54-37-35-50(40-61(54)66)68(47-21-5-2-6-22-47)48-23-7-3-8-24-48/h2-43H,1H3. The van der Waals surface area contributed by atoms with E-state index in [0.29, 0.717) is 0 Å². The summed E-state index contributed by atoms with van der Waals surface area (Å²) in [6, 6.07) is 94.5. The molecule has 3 heteroatoms. The molecule has 0 aliphatic heterocycles. The molecule has 1 spiro atoms. The molecule has 0 bridgehead atoms. The zero-order valence-electron chi connectivity index (χ0n) is 38.1. The Balaban J connectivity index is 1.09. The summed E-state index contributed by atoms with van der Waals surface area (Å²) < 4.78 is 2.34. The lowest BCUT2D eigenvalue weighted by atomic mass is 9.70. The van der Waals surface area contributed by atoms with Gasteiger partial charge < -0.3 is 14.4 Å². The lowest BCUT2D eigenvalue weighted by Crippen LogP contribution is -2.26. The number of para-hydroxylation sites is 4. The highest BCUT2D eigenvalue weighted by Crippen LogP contribution is 2.65. The van der Waals surface area contributed by atoms with Gasteiger partial charge in [0.05, 0.1) is 16.6 Å². The largest absolute Gasteiger partial charge is 0.344 e. The molecule has 3 nitrogen and oxygen atoms in total. The quantitative estimate of drug-likeness (QED) is 0.158. The average molecular weight is 880 g/mol. The lowest BCUT2D eigenvalue weighted by molar-refractivity contribution is 0.793. The van der Waals surface area contributed by atoms with E-state index in [9.17, 15) is 0 Å². The third kappa shape index (κ3) is 5.81. The number of aromatic nitrogens is 1. The van der Waals surface area contributed by atoms with Crippen molar-refractivity contribution in [2.24, 2.45) is 7.05 Å². The van der Waals surface area contributed by atoms with Crippen LogP contribution in [0.25, 0.3) is 66.0 Å². The molecule has 14 rings (SSSR count). The zero-order chi connectivity index (χ0) is 45.6. The van der Waals surface area contributed by atoms with Crippen LogP contribution >= 0.6 is 0 Å². The number of hydrogen-bond donors (Lipinski definition) is 0. The lowest BCUT2D eigenvalue weighted by Gasteiger charge is -2.34. The molecule has 324 valence electrons. The molecule has 1 aromatic heterocycles. The van der Waals surface area contributed by atoms with Crippen molar-refractivity contribution in [1.29, 1.82) is 0 Å². The second kappa shape index (κ2) is 15.3. The van der Waals surface area contributed by atoms with Crippen molar-refractivity contribution in [2.75, 3.05) is 9.80 Å². The molecule has 0 amide bonds. The van der Waals surface area contributed by atoms with Crippen LogP contribution in [0.15, 0.2) is 255 Å². The SMILES string of the molecule is Cn1c2ccccc2c2ccc(N(c3ccccc3)c3cc4c(cc3-c3ccc5ccccc5c3)-c3ccccc3C43c4ccccc4-c4ccc(N(c5ccccc5)c5ccccc5)cc43)cc21. The van der Waals surface area contributed by atoms with Gasteiger partial charge in [-0.1, -0.05) is 170 Å². The molecule has 69 heavy (non-hydrogen) atoms. The number of aryl methyl sites for hydroxylation is 1. The summed E-state index contributed by atoms with van der Waals surface area (Å²) in [4.78, 5) is 4.90. The van der Waals surface area contributed by atoms with Crippen molar-refractivity contribution in [3.63, 3.8) is 0 Å². The van der Waals surface area contributed by atoms with Crippen molar-refractivity contribution in [3.8, 4) is 33.4 Å². The first-order chi connectivity index (χ1) is 34.1. The molecular formula is C66H45N3. The summed E-state index contributed by atoms with van der Waals surface area (Å²) in [5, 5.41) is 4.95. The number of rotatable bonds is 7. The number of anilines is 6. The molecule has 0 saturated carbocycles. The first-order valence-electron chi connectivity index (χ1n) is 23.9. The molecule has 2 aliphatic rings. The van der Waals surface area contributed by atoms with Crippen LogP contribution in [-0.4, -0.2) is 4.57 Å². The van der Waals surface area contributed by atoms with Gasteiger partial charge in [-0.2, -0.15) is 0 Å². The molecule has 0 fully saturated rings. The summed E-state index contributed by atoms with van der Waals surface area (Å²) in [6.07, 6.45) is 0. The smallest absolute Gasteiger partial charge is 0.0727 e. The summed E-state index contributed by atoms with van der Waals surface area (Å²) in [5.41, 5.74) is 21.0. The number of nitrogens with zero attached hydrogens (tertiary/aromatic N) is 3. The Labute approximate surface area is 402 Å². The maximum atomic E-state index is 2.56. The summed E-state index contributed by atoms with van der Waals surface area (Å²) in [5.74, 6) is 0. The fourth-order valence-corrected chi connectivity index (χ4v) is 12.0. The van der Waals surface area contributed by atoms with Crippen molar-refractivity contribution < 1.29 is 0 Å². The van der Waals surface area contributed by atoms with Gasteiger partial charge in [0.2, 0.25) is 0 Å². The maximum absolute atomic E-state index is 2.56. The van der Waals surface area contributed by atoms with Gasteiger partial charge in [-0.15, -0.1) is 0 Å². The van der Waals surface area contributed by atoms with Crippen LogP contribution in [0.2, 0.25) is 0 Å². The number of hydrogen-bond acceptors (Lipinski definition) is 2. The van der Waals surface area contributed by atoms with E-state index in [-0.39, 0.29) is 0 Å². The van der Waals surface area contributed by atoms with Crippen LogP contribution in [-0.2, 0) is 12.5 Å². The summed E-state index contributed by atoms with van der Waals surface area (Å²) in [7, 11) is 2.19. The van der Waals surface area contributed by atoms with Gasteiger partial charge in [-0.3, -0.25) is 0 Å². The first-order valence-corrected chi connectivity index (χ1v) is 23.9. The van der Waals surface area contributed by atoms with E-state index < -0.39 is 5.41 Å². The van der Waals surface area contributed by atoms with E-state index in [1.54, 1.807) is 0 Å². The molecule has 0 N–H and O–H groups in total. The zero-order valence-corrected chi connectivity index (χ0v) is 38.1. The molecule has 1 heterocycles. The molecular weight excluding hydrogens is 835 g/mol. The monoisotopic (exact) mass is 879 g/mol. The molecule has 0 saturated heterocycles. The Kier molecular flexibility index (Phi) is 8.71. The van der Waals surface area contributed by atoms with Crippen molar-refractivity contribution >= 4 is 66.7 Å². The Bertz CT molecular complexity index is 3940. The third-order valence-electron chi connectivity index (χ3n) is 14.9. The van der Waals surface area contributed by atoms with Gasteiger partial charge in [-0.25, -0.2) is 0 Å². The van der Waals surface area contributed by atoms with Crippen molar-refractivity contribution in [3.05, 3.63) is 277 Å². The summed E-state index contributed by atoms with van der Waals surface area (Å²) in [6.45, 7) is 0. The van der Waals surface area contributed by atoms with Gasteiger partial charge >= 0.3 is 0 Å². The first kappa shape index (κ1) is 39.3. The molecule has 1 atom stereocenters. The Morgan fingerprint density at radius 1 is 0.304 bits per heavy atom. The molecule has 0 radical (unpaired) electrons. The van der Waals surface area contributed by atoms with Crippen molar-refractivity contribution in [2.45, 2.75) is 5.41 Å². The van der Waals surface area contributed by atoms with Crippen LogP contribution in [0, 0.1) is 0 Å². The van der Waals surface area contributed by atoms with Crippen LogP contribution in [0.1, 0.15) is 22.3 Å². The highest BCUT2D eigenvalue weighted by molar-refractivity contribution is 6.10. The predicted molar refractivity (Wildman–Crippen MR) is 289 cm³/mol. The predicted octanol–water partition coefficient (Wildman–Crippen LogP) is 17.4.